The van der Waals surface area contributed by atoms with Crippen molar-refractivity contribution in [1.82, 2.24) is 15.5 Å². The summed E-state index contributed by atoms with van der Waals surface area (Å²) in [5.41, 5.74) is 10.7. The number of aliphatic carboxylic acids is 2. The summed E-state index contributed by atoms with van der Waals surface area (Å²) in [5.74, 6) is -5.54. The molecule has 1 heterocycles. The van der Waals surface area contributed by atoms with E-state index in [1.807, 2.05) is 0 Å². The molecule has 0 radical (unpaired) electrons. The number of carboxylic acids is 2. The van der Waals surface area contributed by atoms with Gasteiger partial charge in [0.2, 0.25) is 23.6 Å². The van der Waals surface area contributed by atoms with Crippen molar-refractivity contribution in [2.75, 3.05) is 6.54 Å². The summed E-state index contributed by atoms with van der Waals surface area (Å²) in [6, 6.07) is -4.52. The van der Waals surface area contributed by atoms with Gasteiger partial charge in [0.05, 0.1) is 6.04 Å². The number of rotatable bonds is 13. The van der Waals surface area contributed by atoms with Gasteiger partial charge >= 0.3 is 11.9 Å². The number of carboxylic acid groups (broad SMARTS) is 2. The highest BCUT2D eigenvalue weighted by Crippen LogP contribution is 2.20. The second kappa shape index (κ2) is 12.7. The fourth-order valence-electron chi connectivity index (χ4n) is 3.48. The van der Waals surface area contributed by atoms with E-state index in [4.69, 9.17) is 16.6 Å². The highest BCUT2D eigenvalue weighted by Gasteiger charge is 2.39. The average molecular weight is 472 g/mol. The largest absolute Gasteiger partial charge is 0.481 e. The number of nitrogens with one attached hydrogen (secondary N) is 2. The first-order valence-corrected chi connectivity index (χ1v) is 10.7. The third kappa shape index (κ3) is 8.67. The van der Waals surface area contributed by atoms with Gasteiger partial charge in [0.25, 0.3) is 0 Å². The molecule has 1 saturated heterocycles. The second-order valence-electron chi connectivity index (χ2n) is 8.36. The molecule has 1 aliphatic heterocycles. The Kier molecular flexibility index (Phi) is 10.7. The van der Waals surface area contributed by atoms with Crippen molar-refractivity contribution >= 4 is 35.6 Å². The van der Waals surface area contributed by atoms with Gasteiger partial charge < -0.3 is 37.2 Å². The molecule has 8 N–H and O–H groups in total. The number of nitrogens with two attached hydrogens (primary N) is 2. The van der Waals surface area contributed by atoms with Crippen molar-refractivity contribution in [1.29, 1.82) is 0 Å². The Labute approximate surface area is 191 Å². The van der Waals surface area contributed by atoms with Crippen molar-refractivity contribution in [3.63, 3.8) is 0 Å². The van der Waals surface area contributed by atoms with E-state index >= 15 is 0 Å². The zero-order valence-electron chi connectivity index (χ0n) is 18.8. The first-order valence-electron chi connectivity index (χ1n) is 10.7. The Morgan fingerprint density at radius 3 is 2.15 bits per heavy atom. The number of hydrogen-bond acceptors (Lipinski definition) is 7. The number of carbonyl (C=O) groups is 6. The third-order valence-electron chi connectivity index (χ3n) is 5.37. The highest BCUT2D eigenvalue weighted by atomic mass is 16.4. The molecule has 0 aliphatic carbocycles. The Bertz CT molecular complexity index is 772. The molecule has 13 heteroatoms. The smallest absolute Gasteiger partial charge is 0.326 e. The van der Waals surface area contributed by atoms with Crippen LogP contribution in [0.1, 0.15) is 52.4 Å². The summed E-state index contributed by atoms with van der Waals surface area (Å²) >= 11 is 0. The van der Waals surface area contributed by atoms with Crippen LogP contribution in [0, 0.1) is 5.92 Å². The van der Waals surface area contributed by atoms with E-state index in [0.29, 0.717) is 12.8 Å². The predicted molar refractivity (Wildman–Crippen MR) is 114 cm³/mol. The normalized spacial score (nSPS) is 18.3. The van der Waals surface area contributed by atoms with Gasteiger partial charge in [0.1, 0.15) is 18.1 Å². The van der Waals surface area contributed by atoms with E-state index in [0.717, 1.165) is 0 Å². The molecular weight excluding hydrogens is 438 g/mol. The fourth-order valence-corrected chi connectivity index (χ4v) is 3.48. The quantitative estimate of drug-likeness (QED) is 0.177. The predicted octanol–water partition coefficient (Wildman–Crippen LogP) is -1.85. The van der Waals surface area contributed by atoms with Crippen LogP contribution in [0.2, 0.25) is 0 Å². The van der Waals surface area contributed by atoms with Crippen LogP contribution < -0.4 is 22.1 Å². The maximum atomic E-state index is 13.0. The molecule has 0 aromatic rings. The van der Waals surface area contributed by atoms with Crippen molar-refractivity contribution in [3.05, 3.63) is 0 Å². The summed E-state index contributed by atoms with van der Waals surface area (Å²) in [6.45, 7) is 3.57. The Morgan fingerprint density at radius 1 is 1.00 bits per heavy atom. The summed E-state index contributed by atoms with van der Waals surface area (Å²) in [6.07, 6.45) is -0.0985. The summed E-state index contributed by atoms with van der Waals surface area (Å²) < 4.78 is 0. The molecule has 13 nitrogen and oxygen atoms in total. The maximum Gasteiger partial charge on any atom is 0.326 e. The topological polar surface area (TPSA) is 222 Å². The molecule has 0 saturated carbocycles. The van der Waals surface area contributed by atoms with E-state index in [1.54, 1.807) is 13.8 Å². The second-order valence-corrected chi connectivity index (χ2v) is 8.36. The van der Waals surface area contributed by atoms with Crippen LogP contribution in [0.25, 0.3) is 0 Å². The lowest BCUT2D eigenvalue weighted by atomic mass is 10.0. The van der Waals surface area contributed by atoms with E-state index in [1.165, 1.54) is 4.90 Å². The van der Waals surface area contributed by atoms with Crippen molar-refractivity contribution < 1.29 is 39.0 Å². The third-order valence-corrected chi connectivity index (χ3v) is 5.37. The SMILES string of the molecule is CC(C)C(NC(=O)C(CCC(=O)O)NC(=O)C(N)CCC(N)=O)C(=O)N1CCCC1C(=O)O. The number of primary amides is 1. The van der Waals surface area contributed by atoms with Gasteiger partial charge in [-0.3, -0.25) is 24.0 Å². The molecule has 4 atom stereocenters. The van der Waals surface area contributed by atoms with Crippen LogP contribution >= 0.6 is 0 Å². The molecule has 4 unspecified atom stereocenters. The zero-order chi connectivity index (χ0) is 25.3. The van der Waals surface area contributed by atoms with Gasteiger partial charge in [0, 0.05) is 19.4 Å². The van der Waals surface area contributed by atoms with Crippen molar-refractivity contribution in [3.8, 4) is 0 Å². The van der Waals surface area contributed by atoms with Gasteiger partial charge in [-0.25, -0.2) is 4.79 Å². The Hall–Kier alpha value is -3.22. The minimum atomic E-state index is -1.31. The minimum absolute atomic E-state index is 0.0624. The van der Waals surface area contributed by atoms with Crippen LogP contribution in [0.5, 0.6) is 0 Å². The molecule has 1 aliphatic rings. The lowest BCUT2D eigenvalue weighted by Gasteiger charge is -2.30. The van der Waals surface area contributed by atoms with Gasteiger partial charge in [-0.2, -0.15) is 0 Å². The molecular formula is C20H33N5O8. The Balaban J connectivity index is 2.96. The molecule has 1 rings (SSSR count). The van der Waals surface area contributed by atoms with Crippen molar-refractivity contribution in [2.45, 2.75) is 76.5 Å². The fraction of sp³-hybridized carbons (Fsp3) is 0.700. The molecule has 33 heavy (non-hydrogen) atoms. The van der Waals surface area contributed by atoms with Gasteiger partial charge in [-0.05, 0) is 31.6 Å². The molecule has 186 valence electrons. The molecule has 0 aromatic heterocycles. The zero-order valence-corrected chi connectivity index (χ0v) is 18.8. The number of likely N-dealkylation sites (tertiary alicyclic amines) is 1. The van der Waals surface area contributed by atoms with E-state index in [-0.39, 0.29) is 25.8 Å². The molecule has 0 spiro atoms. The summed E-state index contributed by atoms with van der Waals surface area (Å²) in [5, 5.41) is 23.2. The Morgan fingerprint density at radius 2 is 1.64 bits per heavy atom. The van der Waals surface area contributed by atoms with E-state index in [9.17, 15) is 33.9 Å². The van der Waals surface area contributed by atoms with Gasteiger partial charge in [-0.15, -0.1) is 0 Å². The highest BCUT2D eigenvalue weighted by molar-refractivity contribution is 5.94. The van der Waals surface area contributed by atoms with Crippen LogP contribution in [0.4, 0.5) is 0 Å². The molecule has 1 fully saturated rings. The van der Waals surface area contributed by atoms with Crippen LogP contribution in [0.15, 0.2) is 0 Å². The lowest BCUT2D eigenvalue weighted by Crippen LogP contribution is -2.58. The molecule has 4 amide bonds. The number of carbonyl (C=O) groups excluding carboxylic acids is 4. The molecule has 0 aromatic carbocycles. The number of hydrogen-bond donors (Lipinski definition) is 6. The van der Waals surface area contributed by atoms with E-state index < -0.39 is 72.1 Å². The average Bonchev–Trinajstić information content (AvgIpc) is 3.22. The first kappa shape index (κ1) is 27.8. The molecule has 0 bridgehead atoms. The number of amides is 4. The minimum Gasteiger partial charge on any atom is -0.481 e. The first-order chi connectivity index (χ1) is 15.3. The number of nitrogens with zero attached hydrogens (tertiary/aromatic N) is 1. The van der Waals surface area contributed by atoms with E-state index in [2.05, 4.69) is 10.6 Å². The van der Waals surface area contributed by atoms with Gasteiger partial charge in [0.15, 0.2) is 0 Å². The monoisotopic (exact) mass is 471 g/mol. The van der Waals surface area contributed by atoms with Gasteiger partial charge in [-0.1, -0.05) is 13.8 Å². The lowest BCUT2D eigenvalue weighted by molar-refractivity contribution is -0.150. The summed E-state index contributed by atoms with van der Waals surface area (Å²) in [7, 11) is 0. The van der Waals surface area contributed by atoms with Crippen molar-refractivity contribution in [2.24, 2.45) is 17.4 Å². The maximum absolute atomic E-state index is 13.0. The van der Waals surface area contributed by atoms with Crippen LogP contribution in [-0.2, 0) is 28.8 Å². The van der Waals surface area contributed by atoms with Crippen LogP contribution in [0.3, 0.4) is 0 Å². The summed E-state index contributed by atoms with van der Waals surface area (Å²) in [4.78, 5) is 72.8. The standard InChI is InChI=1S/C20H33N5O8/c1-10(2)16(19(31)25-9-3-4-13(25)20(32)33)24-18(30)12(6-8-15(27)28)23-17(29)11(21)5-7-14(22)26/h10-13,16H,3-9,21H2,1-2H3,(H2,22,26)(H,23,29)(H,24,30)(H,27,28)(H,32,33). The van der Waals surface area contributed by atoms with Crippen LogP contribution in [-0.4, -0.2) is 81.4 Å².